The van der Waals surface area contributed by atoms with Gasteiger partial charge in [0.1, 0.15) is 5.82 Å². The van der Waals surface area contributed by atoms with Crippen molar-refractivity contribution in [3.63, 3.8) is 0 Å². The Hall–Kier alpha value is -0.830. The van der Waals surface area contributed by atoms with Gasteiger partial charge in [0, 0.05) is 24.3 Å². The molecule has 2 saturated carbocycles. The fraction of sp³-hybridized carbons (Fsp3) is 0.667. The number of hydrogen-bond acceptors (Lipinski definition) is 3. The van der Waals surface area contributed by atoms with E-state index in [1.807, 2.05) is 6.20 Å². The second-order valence-corrected chi connectivity index (χ2v) is 5.31. The van der Waals surface area contributed by atoms with Gasteiger partial charge in [-0.1, -0.05) is 0 Å². The Morgan fingerprint density at radius 1 is 1.38 bits per heavy atom. The van der Waals surface area contributed by atoms with Crippen LogP contribution < -0.4 is 4.90 Å². The molecule has 3 nitrogen and oxygen atoms in total. The maximum atomic E-state index is 5.89. The number of nitrogens with zero attached hydrogens (tertiary/aromatic N) is 3. The molecular weight excluding hydrogens is 222 g/mol. The van der Waals surface area contributed by atoms with Crippen molar-refractivity contribution >= 4 is 17.4 Å². The predicted octanol–water partition coefficient (Wildman–Crippen LogP) is 2.82. The SMILES string of the molecule is Cc1cnc(Cl)nc1N(CC1CC1)C1CC1. The summed E-state index contributed by atoms with van der Waals surface area (Å²) in [5.41, 5.74) is 1.14. The lowest BCUT2D eigenvalue weighted by atomic mass is 10.3. The van der Waals surface area contributed by atoms with E-state index in [2.05, 4.69) is 21.8 Å². The smallest absolute Gasteiger partial charge is 0.224 e. The van der Waals surface area contributed by atoms with Crippen LogP contribution in [0.2, 0.25) is 5.28 Å². The van der Waals surface area contributed by atoms with Crippen molar-refractivity contribution in [1.29, 1.82) is 0 Å². The van der Waals surface area contributed by atoms with Crippen LogP contribution in [-0.4, -0.2) is 22.6 Å². The Kier molecular flexibility index (Phi) is 2.51. The monoisotopic (exact) mass is 237 g/mol. The molecule has 0 amide bonds. The van der Waals surface area contributed by atoms with Crippen LogP contribution in [0.5, 0.6) is 0 Å². The summed E-state index contributed by atoms with van der Waals surface area (Å²) >= 11 is 5.89. The third kappa shape index (κ3) is 2.14. The number of hydrogen-bond donors (Lipinski definition) is 0. The highest BCUT2D eigenvalue weighted by molar-refractivity contribution is 6.28. The van der Waals surface area contributed by atoms with Crippen molar-refractivity contribution < 1.29 is 0 Å². The van der Waals surface area contributed by atoms with E-state index >= 15 is 0 Å². The average Bonchev–Trinajstić information content (AvgIpc) is 3.12. The highest BCUT2D eigenvalue weighted by atomic mass is 35.5. The molecule has 2 aliphatic rings. The number of aromatic nitrogens is 2. The van der Waals surface area contributed by atoms with Crippen LogP contribution in [0.3, 0.4) is 0 Å². The molecule has 0 unspecified atom stereocenters. The number of rotatable bonds is 4. The molecule has 0 N–H and O–H groups in total. The average molecular weight is 238 g/mol. The second-order valence-electron chi connectivity index (χ2n) is 4.97. The Morgan fingerprint density at radius 3 is 2.75 bits per heavy atom. The van der Waals surface area contributed by atoms with Crippen LogP contribution in [0, 0.1) is 12.8 Å². The van der Waals surface area contributed by atoms with Gasteiger partial charge in [-0.15, -0.1) is 0 Å². The first kappa shape index (κ1) is 10.3. The van der Waals surface area contributed by atoms with Crippen molar-refractivity contribution in [3.8, 4) is 0 Å². The molecule has 3 rings (SSSR count). The van der Waals surface area contributed by atoms with Crippen LogP contribution in [-0.2, 0) is 0 Å². The van der Waals surface area contributed by atoms with E-state index in [9.17, 15) is 0 Å². The van der Waals surface area contributed by atoms with E-state index in [-0.39, 0.29) is 0 Å². The minimum absolute atomic E-state index is 0.363. The van der Waals surface area contributed by atoms with Gasteiger partial charge in [-0.2, -0.15) is 0 Å². The van der Waals surface area contributed by atoms with Gasteiger partial charge in [0.05, 0.1) is 0 Å². The normalized spacial score (nSPS) is 19.9. The zero-order valence-electron chi connectivity index (χ0n) is 9.49. The molecule has 1 aromatic rings. The summed E-state index contributed by atoms with van der Waals surface area (Å²) in [5.74, 6) is 1.93. The summed E-state index contributed by atoms with van der Waals surface area (Å²) in [4.78, 5) is 10.9. The van der Waals surface area contributed by atoms with E-state index in [0.29, 0.717) is 11.3 Å². The van der Waals surface area contributed by atoms with Crippen LogP contribution in [0.25, 0.3) is 0 Å². The fourth-order valence-corrected chi connectivity index (χ4v) is 2.21. The zero-order valence-corrected chi connectivity index (χ0v) is 10.2. The van der Waals surface area contributed by atoms with Gasteiger partial charge < -0.3 is 4.90 Å². The molecular formula is C12H16ClN3. The van der Waals surface area contributed by atoms with E-state index in [1.54, 1.807) is 0 Å². The maximum absolute atomic E-state index is 5.89. The third-order valence-corrected chi connectivity index (χ3v) is 3.51. The Bertz CT molecular complexity index is 399. The molecule has 16 heavy (non-hydrogen) atoms. The van der Waals surface area contributed by atoms with Crippen LogP contribution in [0.1, 0.15) is 31.2 Å². The summed E-state index contributed by atoms with van der Waals surface area (Å²) in [6.07, 6.45) is 7.18. The Labute approximate surface area is 101 Å². The van der Waals surface area contributed by atoms with Crippen LogP contribution >= 0.6 is 11.6 Å². The molecule has 1 aromatic heterocycles. The van der Waals surface area contributed by atoms with E-state index in [4.69, 9.17) is 11.6 Å². The number of anilines is 1. The zero-order chi connectivity index (χ0) is 11.1. The standard InChI is InChI=1S/C12H16ClN3/c1-8-6-14-12(13)15-11(8)16(10-4-5-10)7-9-2-3-9/h6,9-10H,2-5,7H2,1H3. The first-order chi connectivity index (χ1) is 7.74. The molecule has 0 aliphatic heterocycles. The Balaban J connectivity index is 1.87. The molecule has 2 aliphatic carbocycles. The second kappa shape index (κ2) is 3.88. The van der Waals surface area contributed by atoms with Gasteiger partial charge in [-0.25, -0.2) is 9.97 Å². The van der Waals surface area contributed by atoms with Gasteiger partial charge in [-0.05, 0) is 50.1 Å². The van der Waals surface area contributed by atoms with Gasteiger partial charge in [0.2, 0.25) is 5.28 Å². The quantitative estimate of drug-likeness (QED) is 0.754. The largest absolute Gasteiger partial charge is 0.353 e. The molecule has 0 saturated heterocycles. The first-order valence-electron chi connectivity index (χ1n) is 6.00. The number of halogens is 1. The minimum Gasteiger partial charge on any atom is -0.353 e. The topological polar surface area (TPSA) is 29.0 Å². The predicted molar refractivity (Wildman–Crippen MR) is 64.9 cm³/mol. The maximum Gasteiger partial charge on any atom is 0.224 e. The molecule has 0 bridgehead atoms. The molecule has 0 radical (unpaired) electrons. The minimum atomic E-state index is 0.363. The molecule has 0 aromatic carbocycles. The Morgan fingerprint density at radius 2 is 2.12 bits per heavy atom. The van der Waals surface area contributed by atoms with E-state index in [0.717, 1.165) is 23.8 Å². The van der Waals surface area contributed by atoms with Crippen LogP contribution in [0.4, 0.5) is 5.82 Å². The summed E-state index contributed by atoms with van der Waals surface area (Å²) < 4.78 is 0. The van der Waals surface area contributed by atoms with Crippen molar-refractivity contribution in [2.75, 3.05) is 11.4 Å². The lowest BCUT2D eigenvalue weighted by molar-refractivity contribution is 0.705. The highest BCUT2D eigenvalue weighted by Gasteiger charge is 2.35. The van der Waals surface area contributed by atoms with Crippen molar-refractivity contribution in [2.45, 2.75) is 38.6 Å². The summed E-state index contributed by atoms with van der Waals surface area (Å²) in [7, 11) is 0. The van der Waals surface area contributed by atoms with E-state index in [1.165, 1.54) is 25.7 Å². The summed E-state index contributed by atoms with van der Waals surface area (Å²) in [6.45, 7) is 3.22. The molecule has 4 heteroatoms. The molecule has 1 heterocycles. The van der Waals surface area contributed by atoms with Crippen LogP contribution in [0.15, 0.2) is 6.20 Å². The van der Waals surface area contributed by atoms with Gasteiger partial charge in [-0.3, -0.25) is 0 Å². The molecule has 2 fully saturated rings. The van der Waals surface area contributed by atoms with Gasteiger partial charge in [0.25, 0.3) is 0 Å². The lowest BCUT2D eigenvalue weighted by Crippen LogP contribution is -2.29. The van der Waals surface area contributed by atoms with Crippen molar-refractivity contribution in [1.82, 2.24) is 9.97 Å². The lowest BCUT2D eigenvalue weighted by Gasteiger charge is -2.24. The van der Waals surface area contributed by atoms with Crippen molar-refractivity contribution in [3.05, 3.63) is 17.0 Å². The van der Waals surface area contributed by atoms with Gasteiger partial charge in [0.15, 0.2) is 0 Å². The summed E-state index contributed by atoms with van der Waals surface area (Å²) in [6, 6.07) is 0.699. The van der Waals surface area contributed by atoms with Crippen molar-refractivity contribution in [2.24, 2.45) is 5.92 Å². The molecule has 86 valence electrons. The first-order valence-corrected chi connectivity index (χ1v) is 6.37. The number of aryl methyl sites for hydroxylation is 1. The third-order valence-electron chi connectivity index (χ3n) is 3.33. The fourth-order valence-electron chi connectivity index (χ4n) is 2.08. The molecule has 0 spiro atoms. The van der Waals surface area contributed by atoms with Gasteiger partial charge >= 0.3 is 0 Å². The van der Waals surface area contributed by atoms with E-state index < -0.39 is 0 Å². The molecule has 0 atom stereocenters. The highest BCUT2D eigenvalue weighted by Crippen LogP contribution is 2.38. The summed E-state index contributed by atoms with van der Waals surface area (Å²) in [5, 5.41) is 0.363.